The van der Waals surface area contributed by atoms with Gasteiger partial charge in [0, 0.05) is 13.5 Å². The summed E-state index contributed by atoms with van der Waals surface area (Å²) in [6.45, 7) is 17.0. The van der Waals surface area contributed by atoms with Crippen molar-refractivity contribution in [2.24, 2.45) is 0 Å². The fraction of sp³-hybridized carbons (Fsp3) is 0.846. The molecule has 0 saturated carbocycles. The van der Waals surface area contributed by atoms with Gasteiger partial charge < -0.3 is 8.23 Å². The Labute approximate surface area is 132 Å². The minimum atomic E-state index is -2.26. The Morgan fingerprint density at radius 1 is 1.05 bits per heavy atom. The predicted octanol–water partition coefficient (Wildman–Crippen LogP) is 3.48. The van der Waals surface area contributed by atoms with Gasteiger partial charge in [-0.25, -0.2) is 4.90 Å². The molecule has 1 amide bonds. The molecule has 0 atom stereocenters. The fourth-order valence-electron chi connectivity index (χ4n) is 2.25. The normalized spacial score (nSPS) is 12.9. The lowest BCUT2D eigenvalue weighted by atomic mass is 10.4. The molecule has 0 aromatic carbocycles. The number of nitriles is 1. The molecule has 0 aliphatic rings. The van der Waals surface area contributed by atoms with E-state index < -0.39 is 25.2 Å². The number of nitrogens with zero attached hydrogens (tertiary/aromatic N) is 2. The molecular weight excluding hydrogens is 316 g/mol. The largest absolute Gasteiger partial charge is 0.437 e. The Balaban J connectivity index is 4.77. The highest BCUT2D eigenvalue weighted by Gasteiger charge is 2.39. The van der Waals surface area contributed by atoms with E-state index in [0.29, 0.717) is 6.54 Å². The van der Waals surface area contributed by atoms with Gasteiger partial charge in [-0.1, -0.05) is 0 Å². The highest BCUT2D eigenvalue weighted by molar-refractivity contribution is 6.87. The second-order valence-electron chi connectivity index (χ2n) is 7.44. The summed E-state index contributed by atoms with van der Waals surface area (Å²) < 4.78 is 12.8. The third-order valence-corrected chi connectivity index (χ3v) is 12.2. The number of rotatable bonds is 8. The number of carbonyl (C=O) groups is 1. The number of hydrogen-bond donors (Lipinski definition) is 0. The summed E-state index contributed by atoms with van der Waals surface area (Å²) in [6, 6.07) is 0.812. The summed E-state index contributed by atoms with van der Waals surface area (Å²) in [5.41, 5.74) is 0. The molecule has 0 aliphatic carbocycles. The summed E-state index contributed by atoms with van der Waals surface area (Å²) in [5, 5.41) is 8.92. The summed E-state index contributed by atoms with van der Waals surface area (Å²) >= 11 is 0. The van der Waals surface area contributed by atoms with Gasteiger partial charge in [0.15, 0.2) is 22.8 Å². The summed E-state index contributed by atoms with van der Waals surface area (Å²) in [4.78, 5) is 12.4. The Morgan fingerprint density at radius 3 is 1.76 bits per heavy atom. The number of hydrogen-bond acceptors (Lipinski definition) is 4. The summed E-state index contributed by atoms with van der Waals surface area (Å²) in [6.07, 6.45) is 2.66. The van der Waals surface area contributed by atoms with Crippen molar-refractivity contribution < 1.29 is 13.0 Å². The third kappa shape index (κ3) is 9.97. The SMILES string of the molecule is CC(=O)N(C#N)CCC[Si](C)(O[Si](C)(C)C)O[Si](C)(C)C. The zero-order valence-corrected chi connectivity index (χ0v) is 17.7. The minimum Gasteiger partial charge on any atom is -0.437 e. The molecule has 0 aromatic heterocycles. The molecule has 21 heavy (non-hydrogen) atoms. The molecule has 0 spiro atoms. The first kappa shape index (κ1) is 20.5. The molecule has 0 radical (unpaired) electrons. The standard InChI is InChI=1S/C13H30N2O3Si3/c1-13(16)15(12-14)10-9-11-21(8,17-19(2,3)4)18-20(5,6)7/h9-11H2,1-8H3. The van der Waals surface area contributed by atoms with Crippen LogP contribution in [0.5, 0.6) is 0 Å². The van der Waals surface area contributed by atoms with Crippen molar-refractivity contribution in [3.8, 4) is 6.19 Å². The van der Waals surface area contributed by atoms with Crippen LogP contribution in [0, 0.1) is 11.5 Å². The maximum atomic E-state index is 11.3. The maximum Gasteiger partial charge on any atom is 0.314 e. The monoisotopic (exact) mass is 346 g/mol. The highest BCUT2D eigenvalue weighted by atomic mass is 28.5. The molecule has 0 N–H and O–H groups in total. The van der Waals surface area contributed by atoms with E-state index in [1.165, 1.54) is 11.8 Å². The second kappa shape index (κ2) is 7.69. The number of amides is 1. The van der Waals surface area contributed by atoms with Crippen molar-refractivity contribution in [3.05, 3.63) is 0 Å². The van der Waals surface area contributed by atoms with Crippen molar-refractivity contribution in [3.63, 3.8) is 0 Å². The first-order chi connectivity index (χ1) is 9.28. The molecule has 122 valence electrons. The van der Waals surface area contributed by atoms with Crippen molar-refractivity contribution in [1.82, 2.24) is 4.90 Å². The van der Waals surface area contributed by atoms with Gasteiger partial charge in [-0.2, -0.15) is 5.26 Å². The molecule has 0 rings (SSSR count). The summed E-state index contributed by atoms with van der Waals surface area (Å²) in [5.74, 6) is -0.210. The molecule has 0 fully saturated rings. The van der Waals surface area contributed by atoms with E-state index in [1.54, 1.807) is 0 Å². The van der Waals surface area contributed by atoms with Crippen LogP contribution in [0.1, 0.15) is 13.3 Å². The highest BCUT2D eigenvalue weighted by Crippen LogP contribution is 2.25. The lowest BCUT2D eigenvalue weighted by molar-refractivity contribution is -0.125. The lowest BCUT2D eigenvalue weighted by Crippen LogP contribution is -2.52. The van der Waals surface area contributed by atoms with E-state index >= 15 is 0 Å². The Kier molecular flexibility index (Phi) is 7.52. The topological polar surface area (TPSA) is 62.6 Å². The predicted molar refractivity (Wildman–Crippen MR) is 92.9 cm³/mol. The van der Waals surface area contributed by atoms with Gasteiger partial charge in [0.2, 0.25) is 5.91 Å². The quantitative estimate of drug-likeness (QED) is 0.383. The van der Waals surface area contributed by atoms with E-state index in [9.17, 15) is 4.79 Å². The Bertz CT molecular complexity index is 381. The fourth-order valence-corrected chi connectivity index (χ4v) is 14.8. The van der Waals surface area contributed by atoms with Crippen LogP contribution in [0.25, 0.3) is 0 Å². The van der Waals surface area contributed by atoms with Crippen LogP contribution in [-0.2, 0) is 13.0 Å². The molecule has 8 heteroatoms. The lowest BCUT2D eigenvalue weighted by Gasteiger charge is -2.38. The zero-order chi connectivity index (χ0) is 16.9. The minimum absolute atomic E-state index is 0.210. The van der Waals surface area contributed by atoms with Gasteiger partial charge >= 0.3 is 8.56 Å². The van der Waals surface area contributed by atoms with E-state index in [2.05, 4.69) is 45.8 Å². The molecule has 5 nitrogen and oxygen atoms in total. The first-order valence-electron chi connectivity index (χ1n) is 7.36. The zero-order valence-electron chi connectivity index (χ0n) is 14.7. The van der Waals surface area contributed by atoms with Gasteiger partial charge in [-0.15, -0.1) is 0 Å². The molecule has 0 heterocycles. The van der Waals surface area contributed by atoms with E-state index in [0.717, 1.165) is 12.5 Å². The number of carbonyl (C=O) groups excluding carboxylic acids is 1. The van der Waals surface area contributed by atoms with Gasteiger partial charge in [0.25, 0.3) is 0 Å². The van der Waals surface area contributed by atoms with Crippen LogP contribution in [0.3, 0.4) is 0 Å². The smallest absolute Gasteiger partial charge is 0.314 e. The average molecular weight is 347 g/mol. The van der Waals surface area contributed by atoms with Gasteiger partial charge in [0.1, 0.15) is 0 Å². The molecule has 0 saturated heterocycles. The van der Waals surface area contributed by atoms with Crippen LogP contribution in [0.2, 0.25) is 51.9 Å². The van der Waals surface area contributed by atoms with E-state index in [-0.39, 0.29) is 5.91 Å². The summed E-state index contributed by atoms with van der Waals surface area (Å²) in [7, 11) is -5.63. The van der Waals surface area contributed by atoms with Gasteiger partial charge in [-0.05, 0) is 58.3 Å². The molecule has 0 unspecified atom stereocenters. The van der Waals surface area contributed by atoms with E-state index in [4.69, 9.17) is 13.5 Å². The van der Waals surface area contributed by atoms with Crippen molar-refractivity contribution in [2.75, 3.05) is 6.54 Å². The second-order valence-corrected chi connectivity index (χ2v) is 20.3. The molecule has 0 bridgehead atoms. The average Bonchev–Trinajstić information content (AvgIpc) is 2.17. The van der Waals surface area contributed by atoms with E-state index in [1.807, 2.05) is 6.19 Å². The van der Waals surface area contributed by atoms with Crippen LogP contribution in [0.4, 0.5) is 0 Å². The van der Waals surface area contributed by atoms with Gasteiger partial charge in [-0.3, -0.25) is 4.79 Å². The van der Waals surface area contributed by atoms with Crippen molar-refractivity contribution >= 4 is 31.1 Å². The molecule has 0 aromatic rings. The molecule has 0 aliphatic heterocycles. The first-order valence-corrected chi connectivity index (χ1v) is 16.7. The van der Waals surface area contributed by atoms with Crippen LogP contribution >= 0.6 is 0 Å². The molecular formula is C13H30N2O3Si3. The van der Waals surface area contributed by atoms with Gasteiger partial charge in [0.05, 0.1) is 0 Å². The van der Waals surface area contributed by atoms with Crippen LogP contribution in [-0.4, -0.2) is 42.5 Å². The maximum absolute atomic E-state index is 11.3. The Morgan fingerprint density at radius 2 is 1.48 bits per heavy atom. The van der Waals surface area contributed by atoms with Crippen molar-refractivity contribution in [2.45, 2.75) is 65.2 Å². The van der Waals surface area contributed by atoms with Crippen LogP contribution < -0.4 is 0 Å². The third-order valence-electron chi connectivity index (χ3n) is 2.56. The Hall–Kier alpha value is -0.469. The van der Waals surface area contributed by atoms with Crippen LogP contribution in [0.15, 0.2) is 0 Å². The van der Waals surface area contributed by atoms with Crippen molar-refractivity contribution in [1.29, 1.82) is 5.26 Å².